The lowest BCUT2D eigenvalue weighted by atomic mass is 9.84. The summed E-state index contributed by atoms with van der Waals surface area (Å²) in [4.78, 5) is 2.39. The summed E-state index contributed by atoms with van der Waals surface area (Å²) in [5.41, 5.74) is 0.133. The Morgan fingerprint density at radius 3 is 2.35 bits per heavy atom. The van der Waals surface area contributed by atoms with Crippen LogP contribution < -0.4 is 0 Å². The SMILES string of the molecule is CC(C)N1CCC(O)(c2ccccc2Cl)CC1. The van der Waals surface area contributed by atoms with Gasteiger partial charge in [0.2, 0.25) is 0 Å². The fourth-order valence-corrected chi connectivity index (χ4v) is 2.83. The molecule has 1 saturated heterocycles. The molecule has 2 rings (SSSR count). The molecule has 1 aliphatic heterocycles. The van der Waals surface area contributed by atoms with Crippen molar-refractivity contribution in [3.8, 4) is 0 Å². The first-order chi connectivity index (χ1) is 8.03. The van der Waals surface area contributed by atoms with Gasteiger partial charge < -0.3 is 10.0 Å². The maximum absolute atomic E-state index is 10.7. The molecular weight excluding hydrogens is 234 g/mol. The fraction of sp³-hybridized carbons (Fsp3) is 0.571. The Morgan fingerprint density at radius 2 is 1.82 bits per heavy atom. The van der Waals surface area contributed by atoms with Crippen LogP contribution in [0.5, 0.6) is 0 Å². The van der Waals surface area contributed by atoms with Crippen molar-refractivity contribution >= 4 is 11.6 Å². The van der Waals surface area contributed by atoms with Gasteiger partial charge in [0.1, 0.15) is 0 Å². The predicted molar refractivity (Wildman–Crippen MR) is 71.3 cm³/mol. The molecule has 1 aliphatic rings. The molecule has 0 amide bonds. The summed E-state index contributed by atoms with van der Waals surface area (Å²) in [6, 6.07) is 8.18. The molecule has 0 radical (unpaired) electrons. The minimum Gasteiger partial charge on any atom is -0.385 e. The van der Waals surface area contributed by atoms with E-state index in [1.807, 2.05) is 24.3 Å². The van der Waals surface area contributed by atoms with Crippen molar-refractivity contribution in [3.63, 3.8) is 0 Å². The third-order valence-electron chi connectivity index (χ3n) is 3.73. The Balaban J connectivity index is 2.15. The monoisotopic (exact) mass is 253 g/mol. The van der Waals surface area contributed by atoms with Gasteiger partial charge in [-0.05, 0) is 32.8 Å². The van der Waals surface area contributed by atoms with Crippen molar-refractivity contribution in [2.24, 2.45) is 0 Å². The highest BCUT2D eigenvalue weighted by atomic mass is 35.5. The fourth-order valence-electron chi connectivity index (χ4n) is 2.52. The van der Waals surface area contributed by atoms with Crippen molar-refractivity contribution in [2.45, 2.75) is 38.3 Å². The van der Waals surface area contributed by atoms with E-state index < -0.39 is 5.60 Å². The Labute approximate surface area is 108 Å². The minimum absolute atomic E-state index is 0.547. The maximum Gasteiger partial charge on any atom is 0.0935 e. The molecule has 0 spiro atoms. The summed E-state index contributed by atoms with van der Waals surface area (Å²) in [7, 11) is 0. The molecule has 1 fully saturated rings. The summed E-state index contributed by atoms with van der Waals surface area (Å²) < 4.78 is 0. The zero-order valence-electron chi connectivity index (χ0n) is 10.5. The molecule has 0 saturated carbocycles. The quantitative estimate of drug-likeness (QED) is 0.876. The molecule has 2 nitrogen and oxygen atoms in total. The standard InChI is InChI=1S/C14H20ClNO/c1-11(2)16-9-7-14(17,8-10-16)12-5-3-4-6-13(12)15/h3-6,11,17H,7-10H2,1-2H3. The van der Waals surface area contributed by atoms with E-state index in [1.165, 1.54) is 0 Å². The molecule has 94 valence electrons. The number of benzene rings is 1. The van der Waals surface area contributed by atoms with Gasteiger partial charge in [0.15, 0.2) is 0 Å². The van der Waals surface area contributed by atoms with Gasteiger partial charge in [0.25, 0.3) is 0 Å². The molecule has 3 heteroatoms. The first-order valence-electron chi connectivity index (χ1n) is 6.24. The lowest BCUT2D eigenvalue weighted by Crippen LogP contribution is -2.45. The molecule has 0 aliphatic carbocycles. The zero-order valence-corrected chi connectivity index (χ0v) is 11.2. The second-order valence-electron chi connectivity index (χ2n) is 5.14. The summed E-state index contributed by atoms with van der Waals surface area (Å²) in [5.74, 6) is 0. The smallest absolute Gasteiger partial charge is 0.0935 e. The van der Waals surface area contributed by atoms with Crippen LogP contribution in [0.15, 0.2) is 24.3 Å². The normalized spacial score (nSPS) is 20.8. The number of rotatable bonds is 2. The number of halogens is 1. The van der Waals surface area contributed by atoms with E-state index in [9.17, 15) is 5.11 Å². The first-order valence-corrected chi connectivity index (χ1v) is 6.62. The van der Waals surface area contributed by atoms with Crippen LogP contribution in [0.4, 0.5) is 0 Å². The maximum atomic E-state index is 10.7. The lowest BCUT2D eigenvalue weighted by molar-refractivity contribution is -0.0322. The molecule has 0 unspecified atom stereocenters. The Kier molecular flexibility index (Phi) is 3.76. The molecule has 0 aromatic heterocycles. The number of hydrogen-bond acceptors (Lipinski definition) is 2. The topological polar surface area (TPSA) is 23.5 Å². The van der Waals surface area contributed by atoms with E-state index in [-0.39, 0.29) is 0 Å². The molecular formula is C14H20ClNO. The lowest BCUT2D eigenvalue weighted by Gasteiger charge is -2.40. The van der Waals surface area contributed by atoms with Crippen LogP contribution >= 0.6 is 11.6 Å². The van der Waals surface area contributed by atoms with Gasteiger partial charge in [-0.3, -0.25) is 0 Å². The third kappa shape index (κ3) is 2.65. The summed E-state index contributed by atoms with van der Waals surface area (Å²) in [6.45, 7) is 6.25. The Bertz CT molecular complexity index is 384. The second kappa shape index (κ2) is 4.97. The van der Waals surface area contributed by atoms with Gasteiger partial charge in [-0.1, -0.05) is 29.8 Å². The summed E-state index contributed by atoms with van der Waals surface area (Å²) in [5, 5.41) is 11.4. The van der Waals surface area contributed by atoms with E-state index in [0.717, 1.165) is 31.5 Å². The molecule has 1 N–H and O–H groups in total. The van der Waals surface area contributed by atoms with Crippen molar-refractivity contribution in [2.75, 3.05) is 13.1 Å². The Morgan fingerprint density at radius 1 is 1.24 bits per heavy atom. The molecule has 0 atom stereocenters. The Hall–Kier alpha value is -0.570. The number of nitrogens with zero attached hydrogens (tertiary/aromatic N) is 1. The highest BCUT2D eigenvalue weighted by molar-refractivity contribution is 6.31. The number of piperidine rings is 1. The van der Waals surface area contributed by atoms with Crippen LogP contribution in [-0.2, 0) is 5.60 Å². The zero-order chi connectivity index (χ0) is 12.5. The average Bonchev–Trinajstić information content (AvgIpc) is 2.30. The van der Waals surface area contributed by atoms with Crippen molar-refractivity contribution in [1.29, 1.82) is 0 Å². The van der Waals surface area contributed by atoms with Crippen LogP contribution in [0.1, 0.15) is 32.3 Å². The van der Waals surface area contributed by atoms with Crippen LogP contribution in [0.2, 0.25) is 5.02 Å². The molecule has 1 heterocycles. The molecule has 17 heavy (non-hydrogen) atoms. The van der Waals surface area contributed by atoms with Crippen LogP contribution in [-0.4, -0.2) is 29.1 Å². The van der Waals surface area contributed by atoms with Gasteiger partial charge in [-0.2, -0.15) is 0 Å². The highest BCUT2D eigenvalue weighted by Gasteiger charge is 2.35. The predicted octanol–water partition coefficient (Wildman–Crippen LogP) is 3.03. The van der Waals surface area contributed by atoms with E-state index in [0.29, 0.717) is 11.1 Å². The van der Waals surface area contributed by atoms with E-state index in [4.69, 9.17) is 11.6 Å². The molecule has 1 aromatic rings. The second-order valence-corrected chi connectivity index (χ2v) is 5.55. The van der Waals surface area contributed by atoms with Crippen molar-refractivity contribution in [1.82, 2.24) is 4.90 Å². The van der Waals surface area contributed by atoms with Gasteiger partial charge in [-0.25, -0.2) is 0 Å². The number of hydrogen-bond donors (Lipinski definition) is 1. The van der Waals surface area contributed by atoms with E-state index in [2.05, 4.69) is 18.7 Å². The summed E-state index contributed by atoms with van der Waals surface area (Å²) >= 11 is 6.17. The van der Waals surface area contributed by atoms with Gasteiger partial charge in [0.05, 0.1) is 5.60 Å². The van der Waals surface area contributed by atoms with Gasteiger partial charge in [0, 0.05) is 29.7 Å². The van der Waals surface area contributed by atoms with Crippen molar-refractivity contribution < 1.29 is 5.11 Å². The van der Waals surface area contributed by atoms with Crippen LogP contribution in [0, 0.1) is 0 Å². The number of aliphatic hydroxyl groups is 1. The highest BCUT2D eigenvalue weighted by Crippen LogP contribution is 2.36. The average molecular weight is 254 g/mol. The van der Waals surface area contributed by atoms with Gasteiger partial charge in [-0.15, -0.1) is 0 Å². The largest absolute Gasteiger partial charge is 0.385 e. The van der Waals surface area contributed by atoms with Crippen molar-refractivity contribution in [3.05, 3.63) is 34.9 Å². The molecule has 0 bridgehead atoms. The minimum atomic E-state index is -0.746. The molecule has 1 aromatic carbocycles. The van der Waals surface area contributed by atoms with Crippen LogP contribution in [0.3, 0.4) is 0 Å². The summed E-state index contributed by atoms with van der Waals surface area (Å²) in [6.07, 6.45) is 1.52. The van der Waals surface area contributed by atoms with E-state index >= 15 is 0 Å². The first kappa shape index (κ1) is 12.9. The van der Waals surface area contributed by atoms with Gasteiger partial charge >= 0.3 is 0 Å². The number of likely N-dealkylation sites (tertiary alicyclic amines) is 1. The van der Waals surface area contributed by atoms with Crippen LogP contribution in [0.25, 0.3) is 0 Å². The third-order valence-corrected chi connectivity index (χ3v) is 4.06. The van der Waals surface area contributed by atoms with E-state index in [1.54, 1.807) is 0 Å².